The van der Waals surface area contributed by atoms with Gasteiger partial charge < -0.3 is 9.52 Å². The standard InChI is InChI=1S/C16H20N2O2S/c1-10-7-11(2)9-12(8-10)15-17-18-16(20-15)21-14-6-4-3-5-13(14)19/h7-9,13-14,19H,3-6H2,1-2H3. The number of aliphatic hydroxyl groups excluding tert-OH is 1. The lowest BCUT2D eigenvalue weighted by molar-refractivity contribution is 0.136. The van der Waals surface area contributed by atoms with Crippen molar-refractivity contribution in [1.82, 2.24) is 10.2 Å². The topological polar surface area (TPSA) is 59.2 Å². The van der Waals surface area contributed by atoms with Crippen LogP contribution in [-0.4, -0.2) is 26.7 Å². The number of hydrogen-bond donors (Lipinski definition) is 1. The second-order valence-corrected chi connectivity index (χ2v) is 6.95. The highest BCUT2D eigenvalue weighted by Gasteiger charge is 2.26. The summed E-state index contributed by atoms with van der Waals surface area (Å²) >= 11 is 1.51. The minimum Gasteiger partial charge on any atom is -0.411 e. The van der Waals surface area contributed by atoms with Crippen molar-refractivity contribution in [2.24, 2.45) is 0 Å². The molecule has 21 heavy (non-hydrogen) atoms. The van der Waals surface area contributed by atoms with Crippen molar-refractivity contribution in [3.05, 3.63) is 29.3 Å². The van der Waals surface area contributed by atoms with Crippen LogP contribution in [0.1, 0.15) is 36.8 Å². The van der Waals surface area contributed by atoms with Crippen molar-refractivity contribution in [2.75, 3.05) is 0 Å². The summed E-state index contributed by atoms with van der Waals surface area (Å²) < 4.78 is 5.76. The van der Waals surface area contributed by atoms with Crippen LogP contribution in [0.2, 0.25) is 0 Å². The van der Waals surface area contributed by atoms with Gasteiger partial charge in [0.1, 0.15) is 0 Å². The summed E-state index contributed by atoms with van der Waals surface area (Å²) in [6.45, 7) is 4.11. The van der Waals surface area contributed by atoms with Gasteiger partial charge in [-0.05, 0) is 38.8 Å². The van der Waals surface area contributed by atoms with Crippen LogP contribution in [0.15, 0.2) is 27.8 Å². The lowest BCUT2D eigenvalue weighted by Gasteiger charge is -2.25. The lowest BCUT2D eigenvalue weighted by atomic mass is 9.97. The Kier molecular flexibility index (Phi) is 4.31. The zero-order chi connectivity index (χ0) is 14.8. The molecule has 0 saturated heterocycles. The Morgan fingerprint density at radius 1 is 1.10 bits per heavy atom. The Balaban J connectivity index is 1.76. The number of aliphatic hydroxyl groups is 1. The minimum absolute atomic E-state index is 0.172. The predicted octanol–water partition coefficient (Wildman–Crippen LogP) is 3.75. The SMILES string of the molecule is Cc1cc(C)cc(-c2nnc(SC3CCCCC3O)o2)c1. The zero-order valence-corrected chi connectivity index (χ0v) is 13.2. The molecule has 2 aromatic rings. The molecule has 0 bridgehead atoms. The van der Waals surface area contributed by atoms with Gasteiger partial charge in [-0.3, -0.25) is 0 Å². The van der Waals surface area contributed by atoms with Crippen LogP contribution in [0.4, 0.5) is 0 Å². The number of aryl methyl sites for hydroxylation is 2. The van der Waals surface area contributed by atoms with E-state index >= 15 is 0 Å². The van der Waals surface area contributed by atoms with E-state index in [1.54, 1.807) is 0 Å². The van der Waals surface area contributed by atoms with Crippen molar-refractivity contribution in [1.29, 1.82) is 0 Å². The smallest absolute Gasteiger partial charge is 0.277 e. The fraction of sp³-hybridized carbons (Fsp3) is 0.500. The Labute approximate surface area is 129 Å². The molecule has 1 aliphatic rings. The second kappa shape index (κ2) is 6.20. The molecule has 0 aliphatic heterocycles. The molecule has 1 aromatic carbocycles. The highest BCUT2D eigenvalue weighted by molar-refractivity contribution is 7.99. The van der Waals surface area contributed by atoms with Crippen LogP contribution in [-0.2, 0) is 0 Å². The van der Waals surface area contributed by atoms with Gasteiger partial charge in [0.25, 0.3) is 5.22 Å². The van der Waals surface area contributed by atoms with Gasteiger partial charge >= 0.3 is 0 Å². The van der Waals surface area contributed by atoms with Gasteiger partial charge in [0, 0.05) is 10.8 Å². The van der Waals surface area contributed by atoms with Crippen molar-refractivity contribution >= 4 is 11.8 Å². The first kappa shape index (κ1) is 14.6. The maximum Gasteiger partial charge on any atom is 0.277 e. The molecule has 0 spiro atoms. The molecule has 2 unspecified atom stereocenters. The third-order valence-corrected chi connectivity index (χ3v) is 5.01. The van der Waals surface area contributed by atoms with Gasteiger partial charge in [0.15, 0.2) is 0 Å². The third-order valence-electron chi connectivity index (χ3n) is 3.79. The van der Waals surface area contributed by atoms with E-state index < -0.39 is 0 Å². The zero-order valence-electron chi connectivity index (χ0n) is 12.4. The molecule has 5 heteroatoms. The molecule has 0 amide bonds. The van der Waals surface area contributed by atoms with Crippen molar-refractivity contribution < 1.29 is 9.52 Å². The second-order valence-electron chi connectivity index (χ2n) is 5.76. The van der Waals surface area contributed by atoms with E-state index in [1.165, 1.54) is 22.9 Å². The van der Waals surface area contributed by atoms with Crippen LogP contribution >= 0.6 is 11.8 Å². The number of aromatic nitrogens is 2. The number of rotatable bonds is 3. The molecule has 1 fully saturated rings. The molecular weight excluding hydrogens is 284 g/mol. The molecule has 1 aromatic heterocycles. The van der Waals surface area contributed by atoms with Gasteiger partial charge in [0.2, 0.25) is 5.89 Å². The maximum atomic E-state index is 10.0. The predicted molar refractivity (Wildman–Crippen MR) is 83.3 cm³/mol. The molecule has 112 valence electrons. The summed E-state index contributed by atoms with van der Waals surface area (Å²) in [6.07, 6.45) is 3.88. The molecule has 1 saturated carbocycles. The number of benzene rings is 1. The quantitative estimate of drug-likeness (QED) is 0.936. The van der Waals surface area contributed by atoms with Crippen molar-refractivity contribution in [3.8, 4) is 11.5 Å². The first-order valence-corrected chi connectivity index (χ1v) is 8.27. The van der Waals surface area contributed by atoms with Gasteiger partial charge in [-0.1, -0.05) is 41.8 Å². The fourth-order valence-electron chi connectivity index (χ4n) is 2.82. The van der Waals surface area contributed by atoms with Gasteiger partial charge in [-0.2, -0.15) is 0 Å². The highest BCUT2D eigenvalue weighted by Crippen LogP contribution is 2.34. The molecule has 1 heterocycles. The van der Waals surface area contributed by atoms with E-state index in [2.05, 4.69) is 30.1 Å². The maximum absolute atomic E-state index is 10.0. The Hall–Kier alpha value is -1.33. The Morgan fingerprint density at radius 2 is 1.81 bits per heavy atom. The Morgan fingerprint density at radius 3 is 2.52 bits per heavy atom. The van der Waals surface area contributed by atoms with E-state index in [9.17, 15) is 5.11 Å². The van der Waals surface area contributed by atoms with Crippen LogP contribution in [0.25, 0.3) is 11.5 Å². The van der Waals surface area contributed by atoms with Gasteiger partial charge in [0.05, 0.1) is 6.10 Å². The first-order chi connectivity index (χ1) is 10.1. The van der Waals surface area contributed by atoms with Crippen LogP contribution in [0.5, 0.6) is 0 Å². The monoisotopic (exact) mass is 304 g/mol. The van der Waals surface area contributed by atoms with Crippen molar-refractivity contribution in [2.45, 2.75) is 56.1 Å². The number of nitrogens with zero attached hydrogens (tertiary/aromatic N) is 2. The van der Waals surface area contributed by atoms with E-state index in [1.807, 2.05) is 12.1 Å². The highest BCUT2D eigenvalue weighted by atomic mass is 32.2. The Bertz CT molecular complexity index is 606. The van der Waals surface area contributed by atoms with E-state index in [0.29, 0.717) is 11.1 Å². The first-order valence-electron chi connectivity index (χ1n) is 7.39. The third kappa shape index (κ3) is 3.47. The average Bonchev–Trinajstić information content (AvgIpc) is 2.89. The minimum atomic E-state index is -0.264. The summed E-state index contributed by atoms with van der Waals surface area (Å²) in [7, 11) is 0. The van der Waals surface area contributed by atoms with E-state index in [4.69, 9.17) is 4.42 Å². The fourth-order valence-corrected chi connectivity index (χ4v) is 3.87. The molecule has 3 rings (SSSR count). The summed E-state index contributed by atoms with van der Waals surface area (Å²) in [5, 5.41) is 19.0. The molecule has 1 N–H and O–H groups in total. The summed E-state index contributed by atoms with van der Waals surface area (Å²) in [4.78, 5) is 0. The number of thioether (sulfide) groups is 1. The molecular formula is C16H20N2O2S. The number of hydrogen-bond acceptors (Lipinski definition) is 5. The largest absolute Gasteiger partial charge is 0.411 e. The van der Waals surface area contributed by atoms with Gasteiger partial charge in [-0.15, -0.1) is 10.2 Å². The van der Waals surface area contributed by atoms with Gasteiger partial charge in [-0.25, -0.2) is 0 Å². The average molecular weight is 304 g/mol. The van der Waals surface area contributed by atoms with Crippen LogP contribution < -0.4 is 0 Å². The molecule has 2 atom stereocenters. The van der Waals surface area contributed by atoms with E-state index in [-0.39, 0.29) is 11.4 Å². The van der Waals surface area contributed by atoms with Crippen LogP contribution in [0, 0.1) is 13.8 Å². The molecule has 1 aliphatic carbocycles. The summed E-state index contributed by atoms with van der Waals surface area (Å²) in [5.74, 6) is 0.551. The van der Waals surface area contributed by atoms with Crippen LogP contribution in [0.3, 0.4) is 0 Å². The normalized spacial score (nSPS) is 22.4. The van der Waals surface area contributed by atoms with Crippen molar-refractivity contribution in [3.63, 3.8) is 0 Å². The lowest BCUT2D eigenvalue weighted by Crippen LogP contribution is -2.26. The summed E-state index contributed by atoms with van der Waals surface area (Å²) in [5.41, 5.74) is 3.32. The summed E-state index contributed by atoms with van der Waals surface area (Å²) in [6, 6.07) is 6.21. The van der Waals surface area contributed by atoms with E-state index in [0.717, 1.165) is 31.2 Å². The molecule has 0 radical (unpaired) electrons. The molecule has 4 nitrogen and oxygen atoms in total.